The molecular formula is C30H28N4O8S. The fourth-order valence-electron chi connectivity index (χ4n) is 4.59. The molecule has 0 unspecified atom stereocenters. The molecule has 43 heavy (non-hydrogen) atoms. The minimum atomic E-state index is -0.281. The van der Waals surface area contributed by atoms with Crippen molar-refractivity contribution in [3.63, 3.8) is 0 Å². The van der Waals surface area contributed by atoms with E-state index in [-0.39, 0.29) is 43.3 Å². The van der Waals surface area contributed by atoms with Gasteiger partial charge in [0.25, 0.3) is 11.5 Å². The summed E-state index contributed by atoms with van der Waals surface area (Å²) in [6, 6.07) is 15.8. The van der Waals surface area contributed by atoms with E-state index in [1.54, 1.807) is 43.5 Å². The Bertz CT molecular complexity index is 1740. The van der Waals surface area contributed by atoms with Crippen molar-refractivity contribution in [2.45, 2.75) is 18.2 Å². The third-order valence-corrected chi connectivity index (χ3v) is 7.80. The Kier molecular flexibility index (Phi) is 8.34. The Morgan fingerprint density at radius 3 is 2.37 bits per heavy atom. The third kappa shape index (κ3) is 6.37. The van der Waals surface area contributed by atoms with Crippen molar-refractivity contribution in [2.24, 2.45) is 0 Å². The molecule has 1 aromatic heterocycles. The lowest BCUT2D eigenvalue weighted by Gasteiger charge is -2.14. The number of nitrogens with one attached hydrogen (secondary N) is 2. The van der Waals surface area contributed by atoms with Gasteiger partial charge in [-0.05, 0) is 41.5 Å². The highest BCUT2D eigenvalue weighted by Gasteiger charge is 2.20. The van der Waals surface area contributed by atoms with Crippen LogP contribution < -0.4 is 35.1 Å². The molecule has 0 atom stereocenters. The lowest BCUT2D eigenvalue weighted by molar-refractivity contribution is -0.118. The summed E-state index contributed by atoms with van der Waals surface area (Å²) in [6.07, 6.45) is 0. The molecule has 6 rings (SSSR count). The van der Waals surface area contributed by atoms with Crippen molar-refractivity contribution in [1.82, 2.24) is 20.2 Å². The van der Waals surface area contributed by atoms with Crippen LogP contribution in [0, 0.1) is 0 Å². The molecule has 3 aromatic carbocycles. The van der Waals surface area contributed by atoms with E-state index in [1.807, 2.05) is 18.2 Å². The van der Waals surface area contributed by atoms with Crippen molar-refractivity contribution in [1.29, 1.82) is 0 Å². The number of methoxy groups -OCH3 is 1. The van der Waals surface area contributed by atoms with E-state index in [0.717, 1.165) is 22.9 Å². The second kappa shape index (κ2) is 12.6. The predicted octanol–water partition coefficient (Wildman–Crippen LogP) is 2.69. The monoisotopic (exact) mass is 604 g/mol. The molecule has 0 fully saturated rings. The Morgan fingerprint density at radius 1 is 0.907 bits per heavy atom. The van der Waals surface area contributed by atoms with Gasteiger partial charge in [-0.25, -0.2) is 4.98 Å². The number of hydrogen-bond donors (Lipinski definition) is 2. The van der Waals surface area contributed by atoms with Gasteiger partial charge in [0.05, 0.1) is 29.8 Å². The summed E-state index contributed by atoms with van der Waals surface area (Å²) in [5.41, 5.74) is 2.31. The van der Waals surface area contributed by atoms with Crippen LogP contribution in [0.25, 0.3) is 10.9 Å². The molecule has 0 radical (unpaired) electrons. The minimum absolute atomic E-state index is 0.0642. The standard InChI is InChI=1S/C30H28N4O8S/c1-38-9-8-31-27(35)15-43-30-33-22-12-26-25(41-17-42-26)11-21(22)29(37)34(30)14-18-2-5-20(6-3-18)28(36)32-13-19-4-7-23-24(10-19)40-16-39-23/h2-7,10-12H,8-9,13-17H2,1H3,(H,31,35)(H,32,36). The molecule has 0 saturated heterocycles. The highest BCUT2D eigenvalue weighted by Crippen LogP contribution is 2.35. The van der Waals surface area contributed by atoms with Gasteiger partial charge < -0.3 is 34.3 Å². The summed E-state index contributed by atoms with van der Waals surface area (Å²) in [6.45, 7) is 1.55. The second-order valence-electron chi connectivity index (χ2n) is 9.71. The van der Waals surface area contributed by atoms with E-state index >= 15 is 0 Å². The number of nitrogens with zero attached hydrogens (tertiary/aromatic N) is 2. The highest BCUT2D eigenvalue weighted by molar-refractivity contribution is 7.99. The molecule has 2 N–H and O–H groups in total. The van der Waals surface area contributed by atoms with Crippen LogP contribution in [-0.4, -0.2) is 61.0 Å². The van der Waals surface area contributed by atoms with E-state index in [9.17, 15) is 14.4 Å². The fraction of sp³-hybridized carbons (Fsp3) is 0.267. The molecule has 222 valence electrons. The highest BCUT2D eigenvalue weighted by atomic mass is 32.2. The topological polar surface area (TPSA) is 139 Å². The number of aromatic nitrogens is 2. The molecule has 0 bridgehead atoms. The molecule has 0 saturated carbocycles. The summed E-state index contributed by atoms with van der Waals surface area (Å²) in [5, 5.41) is 6.43. The van der Waals surface area contributed by atoms with Crippen LogP contribution >= 0.6 is 11.8 Å². The van der Waals surface area contributed by atoms with Gasteiger partial charge in [0, 0.05) is 31.8 Å². The zero-order valence-electron chi connectivity index (χ0n) is 23.2. The molecule has 3 heterocycles. The van der Waals surface area contributed by atoms with Gasteiger partial charge in [-0.2, -0.15) is 0 Å². The first-order valence-corrected chi connectivity index (χ1v) is 14.5. The Hall–Kier alpha value is -4.75. The maximum absolute atomic E-state index is 13.7. The Labute approximate surface area is 250 Å². The van der Waals surface area contributed by atoms with Crippen molar-refractivity contribution in [2.75, 3.05) is 39.6 Å². The van der Waals surface area contributed by atoms with Crippen LogP contribution in [0.15, 0.2) is 64.5 Å². The lowest BCUT2D eigenvalue weighted by Crippen LogP contribution is -2.29. The van der Waals surface area contributed by atoms with E-state index in [2.05, 4.69) is 10.6 Å². The first-order chi connectivity index (χ1) is 21.0. The van der Waals surface area contributed by atoms with E-state index in [0.29, 0.717) is 64.3 Å². The van der Waals surface area contributed by atoms with Gasteiger partial charge >= 0.3 is 0 Å². The van der Waals surface area contributed by atoms with Crippen molar-refractivity contribution >= 4 is 34.5 Å². The fourth-order valence-corrected chi connectivity index (χ4v) is 5.42. The number of carbonyl (C=O) groups excluding carboxylic acids is 2. The molecule has 2 amide bonds. The quantitative estimate of drug-likeness (QED) is 0.149. The van der Waals surface area contributed by atoms with Gasteiger partial charge in [0.15, 0.2) is 28.2 Å². The normalized spacial score (nSPS) is 12.9. The molecule has 13 heteroatoms. The Balaban J connectivity index is 1.19. The number of fused-ring (bicyclic) bond motifs is 3. The number of carbonyl (C=O) groups is 2. The smallest absolute Gasteiger partial charge is 0.262 e. The molecule has 12 nitrogen and oxygen atoms in total. The van der Waals surface area contributed by atoms with Crippen LogP contribution in [-0.2, 0) is 22.6 Å². The molecule has 0 spiro atoms. The summed E-state index contributed by atoms with van der Waals surface area (Å²) < 4.78 is 28.1. The second-order valence-corrected chi connectivity index (χ2v) is 10.6. The van der Waals surface area contributed by atoms with Gasteiger partial charge in [-0.1, -0.05) is 30.0 Å². The summed E-state index contributed by atoms with van der Waals surface area (Å²) in [5.74, 6) is 1.96. The zero-order valence-corrected chi connectivity index (χ0v) is 24.0. The van der Waals surface area contributed by atoms with Crippen LogP contribution in [0.1, 0.15) is 21.5 Å². The molecule has 4 aromatic rings. The van der Waals surface area contributed by atoms with E-state index in [1.165, 1.54) is 4.57 Å². The number of thioether (sulfide) groups is 1. The largest absolute Gasteiger partial charge is 0.454 e. The lowest BCUT2D eigenvalue weighted by atomic mass is 10.1. The predicted molar refractivity (Wildman–Crippen MR) is 157 cm³/mol. The number of ether oxygens (including phenoxy) is 5. The molecule has 2 aliphatic rings. The van der Waals surface area contributed by atoms with Crippen LogP contribution in [0.3, 0.4) is 0 Å². The van der Waals surface area contributed by atoms with Gasteiger partial charge in [-0.3, -0.25) is 19.0 Å². The van der Waals surface area contributed by atoms with E-state index < -0.39 is 0 Å². The zero-order chi connectivity index (χ0) is 29.8. The Morgan fingerprint density at radius 2 is 1.60 bits per heavy atom. The summed E-state index contributed by atoms with van der Waals surface area (Å²) in [7, 11) is 1.56. The molecular weight excluding hydrogens is 576 g/mol. The van der Waals surface area contributed by atoms with Crippen molar-refractivity contribution < 1.29 is 33.3 Å². The molecule has 0 aliphatic carbocycles. The number of rotatable bonds is 11. The van der Waals surface area contributed by atoms with E-state index in [4.69, 9.17) is 28.7 Å². The summed E-state index contributed by atoms with van der Waals surface area (Å²) >= 11 is 1.16. The van der Waals surface area contributed by atoms with Gasteiger partial charge in [0.1, 0.15) is 0 Å². The van der Waals surface area contributed by atoms with Crippen molar-refractivity contribution in [3.05, 3.63) is 81.6 Å². The summed E-state index contributed by atoms with van der Waals surface area (Å²) in [4.78, 5) is 43.6. The number of hydrogen-bond acceptors (Lipinski definition) is 10. The van der Waals surface area contributed by atoms with Crippen LogP contribution in [0.5, 0.6) is 23.0 Å². The average Bonchev–Trinajstić information content (AvgIpc) is 3.69. The first-order valence-electron chi connectivity index (χ1n) is 13.5. The number of benzene rings is 3. The minimum Gasteiger partial charge on any atom is -0.454 e. The average molecular weight is 605 g/mol. The maximum atomic E-state index is 13.7. The molecule has 2 aliphatic heterocycles. The number of amides is 2. The SMILES string of the molecule is COCCNC(=O)CSc1nc2cc3c(cc2c(=O)n1Cc1ccc(C(=O)NCc2ccc4c(c2)OCO4)cc1)OCO3. The van der Waals surface area contributed by atoms with Crippen LogP contribution in [0.4, 0.5) is 0 Å². The van der Waals surface area contributed by atoms with Gasteiger partial charge in [-0.15, -0.1) is 0 Å². The third-order valence-electron chi connectivity index (χ3n) is 6.82. The van der Waals surface area contributed by atoms with Crippen LogP contribution in [0.2, 0.25) is 0 Å². The maximum Gasteiger partial charge on any atom is 0.262 e. The van der Waals surface area contributed by atoms with Crippen molar-refractivity contribution in [3.8, 4) is 23.0 Å². The van der Waals surface area contributed by atoms with Gasteiger partial charge in [0.2, 0.25) is 19.5 Å². The first kappa shape index (κ1) is 28.4.